The summed E-state index contributed by atoms with van der Waals surface area (Å²) in [6.45, 7) is -0.196. The second-order valence-electron chi connectivity index (χ2n) is 5.09. The highest BCUT2D eigenvalue weighted by Crippen LogP contribution is 2.32. The minimum Gasteiger partial charge on any atom is -0.395 e. The molecule has 1 unspecified atom stereocenters. The van der Waals surface area contributed by atoms with Gasteiger partial charge in [-0.05, 0) is 35.6 Å². The van der Waals surface area contributed by atoms with Gasteiger partial charge in [-0.25, -0.2) is 5.48 Å². The third-order valence-electron chi connectivity index (χ3n) is 3.66. The zero-order valence-corrected chi connectivity index (χ0v) is 11.6. The van der Waals surface area contributed by atoms with Gasteiger partial charge in [-0.1, -0.05) is 18.2 Å². The van der Waals surface area contributed by atoms with Crippen molar-refractivity contribution in [3.63, 3.8) is 0 Å². The molecule has 1 aliphatic carbocycles. The Balaban J connectivity index is 2.09. The Morgan fingerprint density at radius 1 is 1.38 bits per heavy atom. The van der Waals surface area contributed by atoms with E-state index < -0.39 is 5.91 Å². The zero-order valence-electron chi connectivity index (χ0n) is 11.6. The average molecular weight is 292 g/mol. The summed E-state index contributed by atoms with van der Waals surface area (Å²) >= 11 is 0. The molecule has 1 aromatic carbocycles. The molecule has 0 spiro atoms. The first-order valence-electron chi connectivity index (χ1n) is 6.90. The number of hydrogen-bond donors (Lipinski definition) is 5. The van der Waals surface area contributed by atoms with E-state index in [9.17, 15) is 4.79 Å². The van der Waals surface area contributed by atoms with Crippen LogP contribution in [-0.4, -0.2) is 40.6 Å². The number of fused-ring (bicyclic) bond motifs is 1. The van der Waals surface area contributed by atoms with Crippen molar-refractivity contribution in [3.8, 4) is 0 Å². The highest BCUT2D eigenvalue weighted by Gasteiger charge is 2.24. The molecule has 114 valence electrons. The lowest BCUT2D eigenvalue weighted by Crippen LogP contribution is -2.37. The Hall–Kier alpha value is -1.73. The average Bonchev–Trinajstić information content (AvgIpc) is 2.92. The van der Waals surface area contributed by atoms with Gasteiger partial charge in [0.2, 0.25) is 0 Å². The van der Waals surface area contributed by atoms with E-state index in [0.717, 1.165) is 24.0 Å². The summed E-state index contributed by atoms with van der Waals surface area (Å²) in [4.78, 5) is 11.0. The molecule has 1 aliphatic rings. The molecule has 0 aromatic heterocycles. The fraction of sp³-hybridized carbons (Fsp3) is 0.400. The Morgan fingerprint density at radius 3 is 2.81 bits per heavy atom. The predicted octanol–water partition coefficient (Wildman–Crippen LogP) is 0.135. The highest BCUT2D eigenvalue weighted by molar-refractivity contribution is 5.90. The van der Waals surface area contributed by atoms with Crippen LogP contribution in [0.15, 0.2) is 24.3 Å². The molecule has 2 rings (SSSR count). The second-order valence-corrected chi connectivity index (χ2v) is 5.09. The van der Waals surface area contributed by atoms with Crippen molar-refractivity contribution in [2.75, 3.05) is 13.2 Å². The lowest BCUT2D eigenvalue weighted by molar-refractivity contribution is -0.124. The van der Waals surface area contributed by atoms with Crippen LogP contribution in [0.1, 0.15) is 29.2 Å². The van der Waals surface area contributed by atoms with Gasteiger partial charge in [-0.15, -0.1) is 0 Å². The minimum atomic E-state index is -0.566. The van der Waals surface area contributed by atoms with Gasteiger partial charge in [-0.2, -0.15) is 0 Å². The minimum absolute atomic E-state index is 0.0978. The van der Waals surface area contributed by atoms with Crippen LogP contribution in [0.2, 0.25) is 0 Å². The SMILES string of the molecule is O=C(/C=C/c1ccc2c(c1)CCC2NC(CO)CO)NO. The van der Waals surface area contributed by atoms with Crippen LogP contribution in [0, 0.1) is 0 Å². The van der Waals surface area contributed by atoms with Crippen molar-refractivity contribution in [3.05, 3.63) is 41.0 Å². The smallest absolute Gasteiger partial charge is 0.267 e. The van der Waals surface area contributed by atoms with E-state index in [2.05, 4.69) is 5.32 Å². The summed E-state index contributed by atoms with van der Waals surface area (Å²) in [7, 11) is 0. The van der Waals surface area contributed by atoms with Gasteiger partial charge in [0.05, 0.1) is 19.3 Å². The van der Waals surface area contributed by atoms with Crippen molar-refractivity contribution in [2.45, 2.75) is 24.9 Å². The number of aliphatic hydroxyl groups excluding tert-OH is 2. The van der Waals surface area contributed by atoms with Gasteiger partial charge in [0.15, 0.2) is 0 Å². The van der Waals surface area contributed by atoms with Crippen molar-refractivity contribution < 1.29 is 20.2 Å². The van der Waals surface area contributed by atoms with Crippen LogP contribution in [0.5, 0.6) is 0 Å². The third kappa shape index (κ3) is 3.89. The van der Waals surface area contributed by atoms with Gasteiger partial charge in [-0.3, -0.25) is 10.0 Å². The molecule has 21 heavy (non-hydrogen) atoms. The van der Waals surface area contributed by atoms with Crippen molar-refractivity contribution in [1.82, 2.24) is 10.8 Å². The maximum Gasteiger partial charge on any atom is 0.267 e. The molecule has 0 radical (unpaired) electrons. The first-order chi connectivity index (χ1) is 10.2. The zero-order chi connectivity index (χ0) is 15.2. The number of aliphatic hydroxyl groups is 2. The number of carbonyl (C=O) groups is 1. The molecule has 0 heterocycles. The number of nitrogens with one attached hydrogen (secondary N) is 2. The van der Waals surface area contributed by atoms with Crippen LogP contribution in [0.25, 0.3) is 6.08 Å². The molecule has 6 nitrogen and oxygen atoms in total. The summed E-state index contributed by atoms with van der Waals surface area (Å²) in [6.07, 6.45) is 4.72. The van der Waals surface area contributed by atoms with Crippen molar-refractivity contribution >= 4 is 12.0 Å². The van der Waals surface area contributed by atoms with E-state index in [-0.39, 0.29) is 25.3 Å². The maximum atomic E-state index is 11.0. The number of rotatable bonds is 6. The molecule has 5 N–H and O–H groups in total. The number of aryl methyl sites for hydroxylation is 1. The molecule has 1 amide bonds. The van der Waals surface area contributed by atoms with E-state index in [0.29, 0.717) is 0 Å². The monoisotopic (exact) mass is 292 g/mol. The van der Waals surface area contributed by atoms with E-state index in [1.165, 1.54) is 11.6 Å². The summed E-state index contributed by atoms with van der Waals surface area (Å²) in [5.41, 5.74) is 4.78. The van der Waals surface area contributed by atoms with Gasteiger partial charge < -0.3 is 15.5 Å². The summed E-state index contributed by atoms with van der Waals surface area (Å²) in [5, 5.41) is 29.9. The predicted molar refractivity (Wildman–Crippen MR) is 77.6 cm³/mol. The Labute approximate surface area is 123 Å². The number of hydrogen-bond acceptors (Lipinski definition) is 5. The molecule has 0 saturated heterocycles. The normalized spacial score (nSPS) is 17.4. The fourth-order valence-corrected chi connectivity index (χ4v) is 2.57. The lowest BCUT2D eigenvalue weighted by atomic mass is 10.0. The molecule has 0 bridgehead atoms. The third-order valence-corrected chi connectivity index (χ3v) is 3.66. The van der Waals surface area contributed by atoms with E-state index in [1.807, 2.05) is 18.2 Å². The van der Waals surface area contributed by atoms with Gasteiger partial charge in [0, 0.05) is 12.1 Å². The van der Waals surface area contributed by atoms with Gasteiger partial charge in [0.25, 0.3) is 5.91 Å². The summed E-state index contributed by atoms with van der Waals surface area (Å²) in [6, 6.07) is 5.71. The molecule has 1 atom stereocenters. The van der Waals surface area contributed by atoms with E-state index in [1.54, 1.807) is 11.6 Å². The molecule has 0 saturated carbocycles. The number of hydroxylamine groups is 1. The Morgan fingerprint density at radius 2 is 2.14 bits per heavy atom. The number of amides is 1. The van der Waals surface area contributed by atoms with Crippen LogP contribution in [0.3, 0.4) is 0 Å². The summed E-state index contributed by atoms with van der Waals surface area (Å²) in [5.74, 6) is -0.566. The lowest BCUT2D eigenvalue weighted by Gasteiger charge is -2.20. The largest absolute Gasteiger partial charge is 0.395 e. The highest BCUT2D eigenvalue weighted by atomic mass is 16.5. The number of benzene rings is 1. The van der Waals surface area contributed by atoms with Crippen LogP contribution >= 0.6 is 0 Å². The molecular formula is C15H20N2O4. The van der Waals surface area contributed by atoms with E-state index >= 15 is 0 Å². The maximum absolute atomic E-state index is 11.0. The van der Waals surface area contributed by atoms with E-state index in [4.69, 9.17) is 15.4 Å². The van der Waals surface area contributed by atoms with Crippen LogP contribution in [-0.2, 0) is 11.2 Å². The molecule has 6 heteroatoms. The Bertz CT molecular complexity index is 526. The Kier molecular flexibility index (Phi) is 5.46. The summed E-state index contributed by atoms with van der Waals surface area (Å²) < 4.78 is 0. The van der Waals surface area contributed by atoms with Gasteiger partial charge >= 0.3 is 0 Å². The van der Waals surface area contributed by atoms with Crippen molar-refractivity contribution in [1.29, 1.82) is 0 Å². The molecule has 0 aliphatic heterocycles. The molecular weight excluding hydrogens is 272 g/mol. The fourth-order valence-electron chi connectivity index (χ4n) is 2.57. The van der Waals surface area contributed by atoms with Crippen LogP contribution in [0.4, 0.5) is 0 Å². The van der Waals surface area contributed by atoms with Crippen molar-refractivity contribution in [2.24, 2.45) is 0 Å². The first-order valence-corrected chi connectivity index (χ1v) is 6.90. The standard InChI is InChI=1S/C15H20N2O4/c18-8-12(9-19)16-14-5-3-11-7-10(1-4-13(11)14)2-6-15(20)17-21/h1-2,4,6-7,12,14,16,18-19,21H,3,5,8-9H2,(H,17,20)/b6-2+. The van der Waals surface area contributed by atoms with Gasteiger partial charge in [0.1, 0.15) is 0 Å². The molecule has 1 aromatic rings. The first kappa shape index (κ1) is 15.7. The van der Waals surface area contributed by atoms with Crippen LogP contribution < -0.4 is 10.8 Å². The quantitative estimate of drug-likeness (QED) is 0.291. The molecule has 0 fully saturated rings. The number of carbonyl (C=O) groups excluding carboxylic acids is 1. The second kappa shape index (κ2) is 7.33. The topological polar surface area (TPSA) is 102 Å².